The van der Waals surface area contributed by atoms with E-state index in [0.717, 1.165) is 18.5 Å². The van der Waals surface area contributed by atoms with E-state index < -0.39 is 0 Å². The number of aliphatic imine (C=N–C) groups is 1. The lowest BCUT2D eigenvalue weighted by Gasteiger charge is -2.13. The summed E-state index contributed by atoms with van der Waals surface area (Å²) in [5, 5.41) is 0. The molecule has 0 aromatic rings. The second-order valence-corrected chi connectivity index (χ2v) is 4.33. The van der Waals surface area contributed by atoms with Crippen LogP contribution >= 0.6 is 0 Å². The van der Waals surface area contributed by atoms with Crippen molar-refractivity contribution < 1.29 is 0 Å². The minimum absolute atomic E-state index is 0.357. The highest BCUT2D eigenvalue weighted by Crippen LogP contribution is 2.16. The van der Waals surface area contributed by atoms with Gasteiger partial charge in [-0.05, 0) is 25.2 Å². The van der Waals surface area contributed by atoms with Crippen LogP contribution in [0.5, 0.6) is 0 Å². The maximum atomic E-state index is 4.34. The lowest BCUT2D eigenvalue weighted by atomic mass is 9.93. The molecule has 0 aliphatic heterocycles. The fourth-order valence-electron chi connectivity index (χ4n) is 0.812. The average molecular weight is 197 g/mol. The Balaban J connectivity index is 0. The Morgan fingerprint density at radius 3 is 2.07 bits per heavy atom. The quantitative estimate of drug-likeness (QED) is 0.574. The third kappa shape index (κ3) is 14.0. The maximum Gasteiger partial charge on any atom is 0.0328 e. The average Bonchev–Trinajstić information content (AvgIpc) is 2.06. The Morgan fingerprint density at radius 1 is 1.21 bits per heavy atom. The van der Waals surface area contributed by atoms with Crippen LogP contribution in [-0.2, 0) is 0 Å². The van der Waals surface area contributed by atoms with Crippen LogP contribution in [-0.4, -0.2) is 6.21 Å². The Bertz CT molecular complexity index is 170. The molecule has 0 aromatic heterocycles. The normalized spacial score (nSPS) is 12.6. The molecule has 0 atom stereocenters. The molecule has 0 unspecified atom stereocenters. The van der Waals surface area contributed by atoms with Crippen LogP contribution in [0.4, 0.5) is 0 Å². The summed E-state index contributed by atoms with van der Waals surface area (Å²) < 4.78 is 0. The zero-order chi connectivity index (χ0) is 11.6. The van der Waals surface area contributed by atoms with Crippen molar-refractivity contribution in [1.82, 2.24) is 0 Å². The van der Waals surface area contributed by atoms with Crippen LogP contribution in [0.25, 0.3) is 0 Å². The number of hydrogen-bond donors (Lipinski definition) is 0. The Hall–Kier alpha value is -0.590. The summed E-state index contributed by atoms with van der Waals surface area (Å²) in [6.07, 6.45) is 6.27. The van der Waals surface area contributed by atoms with Gasteiger partial charge in [0.1, 0.15) is 0 Å². The molecule has 0 saturated carbocycles. The summed E-state index contributed by atoms with van der Waals surface area (Å²) in [7, 11) is 0. The van der Waals surface area contributed by atoms with Gasteiger partial charge in [-0.3, -0.25) is 4.99 Å². The molecule has 0 bridgehead atoms. The molecule has 0 amide bonds. The van der Waals surface area contributed by atoms with Crippen molar-refractivity contribution in [3.63, 3.8) is 0 Å². The van der Waals surface area contributed by atoms with Crippen LogP contribution in [0.1, 0.15) is 61.3 Å². The van der Waals surface area contributed by atoms with Crippen molar-refractivity contribution in [2.75, 3.05) is 0 Å². The van der Waals surface area contributed by atoms with Crippen LogP contribution in [0.2, 0.25) is 0 Å². The minimum Gasteiger partial charge on any atom is -0.266 e. The molecule has 0 aromatic carbocycles. The molecular formula is C13H27N. The lowest BCUT2D eigenvalue weighted by molar-refractivity contribution is 0.437. The fourth-order valence-corrected chi connectivity index (χ4v) is 0.812. The molecule has 0 rings (SSSR count). The third-order valence-corrected chi connectivity index (χ3v) is 1.50. The molecule has 0 fully saturated rings. The third-order valence-electron chi connectivity index (χ3n) is 1.50. The predicted octanol–water partition coefficient (Wildman–Crippen LogP) is 4.83. The monoisotopic (exact) mass is 197 g/mol. The van der Waals surface area contributed by atoms with Crippen LogP contribution in [0.15, 0.2) is 16.8 Å². The van der Waals surface area contributed by atoms with Crippen molar-refractivity contribution in [2.45, 2.75) is 61.3 Å². The zero-order valence-electron chi connectivity index (χ0n) is 11.0. The first-order valence-electron chi connectivity index (χ1n) is 5.65. The van der Waals surface area contributed by atoms with E-state index in [4.69, 9.17) is 0 Å². The topological polar surface area (TPSA) is 12.4 Å². The van der Waals surface area contributed by atoms with Gasteiger partial charge >= 0.3 is 0 Å². The van der Waals surface area contributed by atoms with Crippen molar-refractivity contribution >= 4 is 6.21 Å². The van der Waals surface area contributed by atoms with Crippen LogP contribution < -0.4 is 0 Å². The van der Waals surface area contributed by atoms with Gasteiger partial charge in [0.2, 0.25) is 0 Å². The van der Waals surface area contributed by atoms with Crippen molar-refractivity contribution in [1.29, 1.82) is 0 Å². The van der Waals surface area contributed by atoms with Gasteiger partial charge in [-0.1, -0.05) is 47.6 Å². The molecular weight excluding hydrogens is 170 g/mol. The molecule has 0 aliphatic carbocycles. The van der Waals surface area contributed by atoms with E-state index in [2.05, 4.69) is 38.8 Å². The minimum atomic E-state index is 0.357. The summed E-state index contributed by atoms with van der Waals surface area (Å²) in [6.45, 7) is 14.8. The van der Waals surface area contributed by atoms with Crippen molar-refractivity contribution in [2.24, 2.45) is 10.4 Å². The predicted molar refractivity (Wildman–Crippen MR) is 68.0 cm³/mol. The van der Waals surface area contributed by atoms with Crippen LogP contribution in [0, 0.1) is 5.41 Å². The zero-order valence-corrected chi connectivity index (χ0v) is 11.0. The molecule has 1 heteroatoms. The van der Waals surface area contributed by atoms with Gasteiger partial charge < -0.3 is 0 Å². The standard InChI is InChI=1S/C11H21N.C2H6/c1-6-7-10(2)12-9-8-11(3,4)5;1-2/h7,9H,6,8H2,1-5H3;1-2H3/b10-7-,12-9?;. The number of rotatable bonds is 3. The molecule has 0 aliphatic rings. The van der Waals surface area contributed by atoms with E-state index in [0.29, 0.717) is 5.41 Å². The van der Waals surface area contributed by atoms with E-state index in [1.807, 2.05) is 27.0 Å². The highest BCUT2D eigenvalue weighted by atomic mass is 14.7. The van der Waals surface area contributed by atoms with E-state index in [-0.39, 0.29) is 0 Å². The molecule has 0 heterocycles. The molecule has 1 nitrogen and oxygen atoms in total. The van der Waals surface area contributed by atoms with E-state index in [9.17, 15) is 0 Å². The second kappa shape index (κ2) is 8.98. The van der Waals surface area contributed by atoms with Crippen LogP contribution in [0.3, 0.4) is 0 Å². The Labute approximate surface area is 90.3 Å². The highest BCUT2D eigenvalue weighted by molar-refractivity contribution is 5.59. The maximum absolute atomic E-state index is 4.34. The van der Waals surface area contributed by atoms with Gasteiger partial charge in [-0.15, -0.1) is 0 Å². The summed E-state index contributed by atoms with van der Waals surface area (Å²) in [5.74, 6) is 0. The highest BCUT2D eigenvalue weighted by Gasteiger charge is 2.06. The van der Waals surface area contributed by atoms with Crippen molar-refractivity contribution in [3.05, 3.63) is 11.8 Å². The number of allylic oxidation sites excluding steroid dienone is 2. The van der Waals surface area contributed by atoms with Crippen molar-refractivity contribution in [3.8, 4) is 0 Å². The summed E-state index contributed by atoms with van der Waals surface area (Å²) in [6, 6.07) is 0. The van der Waals surface area contributed by atoms with E-state index in [1.54, 1.807) is 0 Å². The molecule has 0 spiro atoms. The smallest absolute Gasteiger partial charge is 0.0328 e. The van der Waals surface area contributed by atoms with E-state index in [1.165, 1.54) is 0 Å². The summed E-state index contributed by atoms with van der Waals surface area (Å²) in [5.41, 5.74) is 1.48. The first kappa shape index (κ1) is 15.9. The van der Waals surface area contributed by atoms with Gasteiger partial charge in [0, 0.05) is 11.9 Å². The van der Waals surface area contributed by atoms with E-state index >= 15 is 0 Å². The number of nitrogens with zero attached hydrogens (tertiary/aromatic N) is 1. The van der Waals surface area contributed by atoms with Gasteiger partial charge in [-0.25, -0.2) is 0 Å². The van der Waals surface area contributed by atoms with Gasteiger partial charge in [-0.2, -0.15) is 0 Å². The first-order chi connectivity index (χ1) is 6.45. The lowest BCUT2D eigenvalue weighted by Crippen LogP contribution is -2.04. The Kier molecular flexibility index (Phi) is 10.2. The fraction of sp³-hybridized carbons (Fsp3) is 0.769. The molecule has 0 N–H and O–H groups in total. The van der Waals surface area contributed by atoms with Gasteiger partial charge in [0.05, 0.1) is 0 Å². The molecule has 0 saturated heterocycles. The summed E-state index contributed by atoms with van der Waals surface area (Å²) in [4.78, 5) is 4.34. The second-order valence-electron chi connectivity index (χ2n) is 4.33. The first-order valence-corrected chi connectivity index (χ1v) is 5.65. The molecule has 14 heavy (non-hydrogen) atoms. The van der Waals surface area contributed by atoms with Gasteiger partial charge in [0.15, 0.2) is 0 Å². The molecule has 84 valence electrons. The SMILES string of the molecule is CC.CC/C=C(/C)N=CCC(C)(C)C. The largest absolute Gasteiger partial charge is 0.266 e. The van der Waals surface area contributed by atoms with Gasteiger partial charge in [0.25, 0.3) is 0 Å². The Morgan fingerprint density at radius 2 is 1.71 bits per heavy atom. The number of hydrogen-bond acceptors (Lipinski definition) is 1. The summed E-state index contributed by atoms with van der Waals surface area (Å²) >= 11 is 0. The molecule has 0 radical (unpaired) electrons.